The van der Waals surface area contributed by atoms with Crippen molar-refractivity contribution in [3.63, 3.8) is 0 Å². The highest BCUT2D eigenvalue weighted by atomic mass is 19.4. The lowest BCUT2D eigenvalue weighted by molar-refractivity contribution is -0.143. The van der Waals surface area contributed by atoms with Crippen LogP contribution in [-0.2, 0) is 12.4 Å². The summed E-state index contributed by atoms with van der Waals surface area (Å²) in [5.41, 5.74) is -3.29. The predicted molar refractivity (Wildman–Crippen MR) is 81.6 cm³/mol. The Balaban J connectivity index is 2.32. The van der Waals surface area contributed by atoms with Crippen molar-refractivity contribution in [2.24, 2.45) is 0 Å². The van der Waals surface area contributed by atoms with Gasteiger partial charge in [0, 0.05) is 17.5 Å². The highest BCUT2D eigenvalue weighted by Crippen LogP contribution is 2.37. The van der Waals surface area contributed by atoms with Crippen LogP contribution in [-0.4, -0.2) is 5.78 Å². The van der Waals surface area contributed by atoms with Gasteiger partial charge in [-0.25, -0.2) is 0 Å². The first-order chi connectivity index (χ1) is 11.9. The lowest BCUT2D eigenvalue weighted by Crippen LogP contribution is -2.12. The van der Waals surface area contributed by atoms with Crippen LogP contribution in [0.25, 0.3) is 0 Å². The summed E-state index contributed by atoms with van der Waals surface area (Å²) < 4.78 is 82.1. The van der Waals surface area contributed by atoms with Crippen LogP contribution in [0.4, 0.5) is 32.0 Å². The molecule has 0 atom stereocenters. The molecule has 0 radical (unpaired) electrons. The van der Waals surface area contributed by atoms with Crippen LogP contribution in [0.1, 0.15) is 34.4 Å². The van der Waals surface area contributed by atoms with E-state index in [-0.39, 0.29) is 17.5 Å². The highest BCUT2D eigenvalue weighted by Gasteiger charge is 2.36. The molecule has 1 N–H and O–H groups in total. The molecular weight excluding hydrogens is 364 g/mol. The molecule has 1 aromatic heterocycles. The minimum Gasteiger partial charge on any atom is -0.458 e. The molecule has 0 aliphatic heterocycles. The number of allylic oxidation sites excluding steroid dienone is 2. The van der Waals surface area contributed by atoms with E-state index in [0.717, 1.165) is 6.08 Å². The summed E-state index contributed by atoms with van der Waals surface area (Å²) in [7, 11) is 0. The summed E-state index contributed by atoms with van der Waals surface area (Å²) in [6, 6.07) is 4.06. The van der Waals surface area contributed by atoms with Gasteiger partial charge in [0.15, 0.2) is 5.76 Å². The molecule has 26 heavy (non-hydrogen) atoms. The maximum atomic E-state index is 12.8. The molecule has 1 heterocycles. The van der Waals surface area contributed by atoms with Crippen molar-refractivity contribution >= 4 is 11.5 Å². The Morgan fingerprint density at radius 3 is 1.96 bits per heavy atom. The molecular formula is C17H13F6NO2. The Morgan fingerprint density at radius 2 is 1.54 bits per heavy atom. The molecule has 3 nitrogen and oxygen atoms in total. The molecule has 0 spiro atoms. The van der Waals surface area contributed by atoms with E-state index in [2.05, 4.69) is 5.32 Å². The minimum absolute atomic E-state index is 0.00340. The smallest absolute Gasteiger partial charge is 0.416 e. The zero-order valence-electron chi connectivity index (χ0n) is 13.5. The van der Waals surface area contributed by atoms with Crippen LogP contribution in [0, 0.1) is 6.92 Å². The molecule has 0 saturated heterocycles. The van der Waals surface area contributed by atoms with Gasteiger partial charge in [0.2, 0.25) is 5.78 Å². The van der Waals surface area contributed by atoms with Gasteiger partial charge in [-0.3, -0.25) is 4.79 Å². The molecule has 0 fully saturated rings. The van der Waals surface area contributed by atoms with Gasteiger partial charge >= 0.3 is 12.4 Å². The summed E-state index contributed by atoms with van der Waals surface area (Å²) in [5, 5.41) is 2.37. The third-order valence-corrected chi connectivity index (χ3v) is 3.26. The maximum absolute atomic E-state index is 12.8. The number of ketones is 1. The van der Waals surface area contributed by atoms with Crippen LogP contribution in [0.5, 0.6) is 0 Å². The minimum atomic E-state index is -4.95. The van der Waals surface area contributed by atoms with Crippen molar-refractivity contribution in [3.05, 3.63) is 64.8 Å². The Kier molecular flexibility index (Phi) is 5.20. The number of aryl methyl sites for hydroxylation is 1. The molecule has 0 unspecified atom stereocenters. The van der Waals surface area contributed by atoms with Gasteiger partial charge in [-0.05, 0) is 44.2 Å². The second-order valence-electron chi connectivity index (χ2n) is 5.52. The van der Waals surface area contributed by atoms with Gasteiger partial charge in [0.25, 0.3) is 0 Å². The molecule has 2 rings (SSSR count). The third-order valence-electron chi connectivity index (χ3n) is 3.26. The number of alkyl halides is 6. The first kappa shape index (κ1) is 19.6. The van der Waals surface area contributed by atoms with Gasteiger partial charge in [-0.15, -0.1) is 0 Å². The van der Waals surface area contributed by atoms with Crippen LogP contribution in [0.15, 0.2) is 46.5 Å². The van der Waals surface area contributed by atoms with E-state index in [1.807, 2.05) is 0 Å². The molecule has 140 valence electrons. The number of anilines is 1. The largest absolute Gasteiger partial charge is 0.458 e. The quantitative estimate of drug-likeness (QED) is 0.414. The predicted octanol–water partition coefficient (Wildman–Crippen LogP) is 5.82. The maximum Gasteiger partial charge on any atom is 0.416 e. The van der Waals surface area contributed by atoms with E-state index in [1.165, 1.54) is 13.0 Å². The number of carbonyl (C=O) groups is 1. The van der Waals surface area contributed by atoms with E-state index < -0.39 is 35.0 Å². The average molecular weight is 377 g/mol. The van der Waals surface area contributed by atoms with Crippen molar-refractivity contribution in [2.75, 3.05) is 5.32 Å². The Bertz CT molecular complexity index is 813. The van der Waals surface area contributed by atoms with Gasteiger partial charge in [-0.2, -0.15) is 26.3 Å². The first-order valence-electron chi connectivity index (χ1n) is 7.22. The Morgan fingerprint density at radius 1 is 1.00 bits per heavy atom. The monoisotopic (exact) mass is 377 g/mol. The molecule has 2 aromatic rings. The fourth-order valence-electron chi connectivity index (χ4n) is 2.13. The van der Waals surface area contributed by atoms with Crippen LogP contribution in [0.3, 0.4) is 0 Å². The van der Waals surface area contributed by atoms with Crippen molar-refractivity contribution in [3.8, 4) is 0 Å². The zero-order chi connectivity index (χ0) is 19.7. The summed E-state index contributed by atoms with van der Waals surface area (Å²) in [4.78, 5) is 11.9. The van der Waals surface area contributed by atoms with Gasteiger partial charge in [0.1, 0.15) is 5.76 Å². The fraction of sp³-hybridized carbons (Fsp3) is 0.235. The second-order valence-corrected chi connectivity index (χ2v) is 5.52. The molecule has 0 amide bonds. The summed E-state index contributed by atoms with van der Waals surface area (Å²) >= 11 is 0. The number of hydrogen-bond donors (Lipinski definition) is 1. The van der Waals surface area contributed by atoms with Crippen molar-refractivity contribution in [1.29, 1.82) is 0 Å². The number of halogens is 6. The number of furan rings is 1. The highest BCUT2D eigenvalue weighted by molar-refractivity contribution is 6.03. The normalized spacial score (nSPS) is 13.0. The van der Waals surface area contributed by atoms with Crippen molar-refractivity contribution in [1.82, 2.24) is 0 Å². The number of rotatable bonds is 4. The lowest BCUT2D eigenvalue weighted by Gasteiger charge is -2.15. The van der Waals surface area contributed by atoms with Crippen molar-refractivity contribution in [2.45, 2.75) is 26.2 Å². The topological polar surface area (TPSA) is 42.2 Å². The molecule has 0 bridgehead atoms. The second kappa shape index (κ2) is 6.89. The summed E-state index contributed by atoms with van der Waals surface area (Å²) in [5.74, 6) is -0.0881. The van der Waals surface area contributed by atoms with E-state index in [4.69, 9.17) is 4.42 Å². The SMILES string of the molecule is C/C(=C\C(=O)c1ccc(C)o1)Nc1cc(C(F)(F)F)cc(C(F)(F)F)c1. The Hall–Kier alpha value is -2.71. The molecule has 1 aromatic carbocycles. The van der Waals surface area contributed by atoms with E-state index >= 15 is 0 Å². The zero-order valence-corrected chi connectivity index (χ0v) is 13.5. The summed E-state index contributed by atoms with van der Waals surface area (Å²) in [6.07, 6.45) is -8.88. The summed E-state index contributed by atoms with van der Waals surface area (Å²) in [6.45, 7) is 2.95. The fourth-order valence-corrected chi connectivity index (χ4v) is 2.13. The number of nitrogens with one attached hydrogen (secondary N) is 1. The molecule has 0 aliphatic carbocycles. The van der Waals surface area contributed by atoms with Crippen LogP contribution >= 0.6 is 0 Å². The van der Waals surface area contributed by atoms with E-state index in [0.29, 0.717) is 17.9 Å². The van der Waals surface area contributed by atoms with Crippen LogP contribution < -0.4 is 5.32 Å². The van der Waals surface area contributed by atoms with Gasteiger partial charge in [-0.1, -0.05) is 0 Å². The lowest BCUT2D eigenvalue weighted by atomic mass is 10.1. The van der Waals surface area contributed by atoms with Gasteiger partial charge in [0.05, 0.1) is 11.1 Å². The molecule has 0 saturated carbocycles. The van der Waals surface area contributed by atoms with Gasteiger partial charge < -0.3 is 9.73 Å². The Labute approximate surface area is 144 Å². The standard InChI is InChI=1S/C17H13F6NO2/c1-9(5-14(25)15-4-3-10(2)26-15)24-13-7-11(16(18,19)20)6-12(8-13)17(21,22)23/h3-8,24H,1-2H3/b9-5+. The number of benzene rings is 1. The van der Waals surface area contributed by atoms with E-state index in [1.54, 1.807) is 13.0 Å². The first-order valence-corrected chi connectivity index (χ1v) is 7.22. The molecule has 0 aliphatic rings. The molecule has 9 heteroatoms. The third kappa shape index (κ3) is 4.90. The average Bonchev–Trinajstić information content (AvgIpc) is 2.91. The number of hydrogen-bond acceptors (Lipinski definition) is 3. The number of carbonyl (C=O) groups excluding carboxylic acids is 1. The van der Waals surface area contributed by atoms with Crippen molar-refractivity contribution < 1.29 is 35.6 Å². The van der Waals surface area contributed by atoms with E-state index in [9.17, 15) is 31.1 Å². The van der Waals surface area contributed by atoms with Crippen LogP contribution in [0.2, 0.25) is 0 Å².